The number of aliphatic imine (C=N–C) groups is 1. The van der Waals surface area contributed by atoms with Gasteiger partial charge in [0.25, 0.3) is 0 Å². The fourth-order valence-corrected chi connectivity index (χ4v) is 1.93. The Morgan fingerprint density at radius 3 is 2.52 bits per heavy atom. The first-order valence-electron chi connectivity index (χ1n) is 7.36. The topological polar surface area (TPSA) is 54.9 Å². The predicted octanol–water partition coefficient (Wildman–Crippen LogP) is 1.83. The Labute approximate surface area is 127 Å². The van der Waals surface area contributed by atoms with Crippen LogP contribution in [0.5, 0.6) is 5.75 Å². The maximum Gasteiger partial charge on any atom is 0.191 e. The second-order valence-corrected chi connectivity index (χ2v) is 4.86. The van der Waals surface area contributed by atoms with Crippen molar-refractivity contribution >= 4 is 5.96 Å². The molecular weight excluding hydrogens is 266 g/mol. The lowest BCUT2D eigenvalue weighted by atomic mass is 10.1. The zero-order chi connectivity index (χ0) is 15.5. The molecule has 2 N–H and O–H groups in total. The summed E-state index contributed by atoms with van der Waals surface area (Å²) in [7, 11) is 3.38. The number of methoxy groups -OCH3 is 2. The van der Waals surface area contributed by atoms with Crippen molar-refractivity contribution in [2.24, 2.45) is 4.99 Å². The fraction of sp³-hybridized carbons (Fsp3) is 0.562. The summed E-state index contributed by atoms with van der Waals surface area (Å²) in [5.41, 5.74) is 1.25. The molecule has 21 heavy (non-hydrogen) atoms. The molecule has 5 heteroatoms. The molecule has 1 rings (SSSR count). The SMILES string of the molecule is CCNC(=NCCc1ccc(OC)cc1)NC(C)COC. The molecule has 1 aromatic carbocycles. The summed E-state index contributed by atoms with van der Waals surface area (Å²) < 4.78 is 10.3. The third kappa shape index (κ3) is 6.99. The van der Waals surface area contributed by atoms with Crippen molar-refractivity contribution < 1.29 is 9.47 Å². The third-order valence-electron chi connectivity index (χ3n) is 2.97. The highest BCUT2D eigenvalue weighted by Gasteiger charge is 2.04. The molecule has 0 heterocycles. The molecule has 1 atom stereocenters. The molecule has 118 valence electrons. The average molecular weight is 293 g/mol. The van der Waals surface area contributed by atoms with Crippen LogP contribution in [-0.2, 0) is 11.2 Å². The van der Waals surface area contributed by atoms with E-state index in [-0.39, 0.29) is 6.04 Å². The Morgan fingerprint density at radius 1 is 1.24 bits per heavy atom. The van der Waals surface area contributed by atoms with E-state index < -0.39 is 0 Å². The summed E-state index contributed by atoms with van der Waals surface area (Å²) >= 11 is 0. The predicted molar refractivity (Wildman–Crippen MR) is 87.2 cm³/mol. The number of benzene rings is 1. The quantitative estimate of drug-likeness (QED) is 0.567. The van der Waals surface area contributed by atoms with Crippen molar-refractivity contribution in [1.82, 2.24) is 10.6 Å². The molecule has 1 unspecified atom stereocenters. The zero-order valence-corrected chi connectivity index (χ0v) is 13.5. The lowest BCUT2D eigenvalue weighted by molar-refractivity contribution is 0.179. The van der Waals surface area contributed by atoms with Gasteiger partial charge in [-0.2, -0.15) is 0 Å². The first kappa shape index (κ1) is 17.3. The molecule has 0 spiro atoms. The molecule has 0 bridgehead atoms. The number of nitrogens with zero attached hydrogens (tertiary/aromatic N) is 1. The van der Waals surface area contributed by atoms with Gasteiger partial charge in [0, 0.05) is 26.2 Å². The van der Waals surface area contributed by atoms with Gasteiger partial charge in [0.1, 0.15) is 5.75 Å². The largest absolute Gasteiger partial charge is 0.497 e. The van der Waals surface area contributed by atoms with E-state index in [1.165, 1.54) is 5.56 Å². The number of hydrogen-bond acceptors (Lipinski definition) is 3. The van der Waals surface area contributed by atoms with E-state index in [2.05, 4.69) is 41.6 Å². The maximum atomic E-state index is 5.15. The number of hydrogen-bond donors (Lipinski definition) is 2. The van der Waals surface area contributed by atoms with E-state index in [1.807, 2.05) is 12.1 Å². The number of guanidine groups is 1. The van der Waals surface area contributed by atoms with E-state index in [1.54, 1.807) is 14.2 Å². The standard InChI is InChI=1S/C16H27N3O2/c1-5-17-16(19-13(2)12-20-3)18-11-10-14-6-8-15(21-4)9-7-14/h6-9,13H,5,10-12H2,1-4H3,(H2,17,18,19). The van der Waals surface area contributed by atoms with Crippen molar-refractivity contribution in [2.45, 2.75) is 26.3 Å². The second kappa shape index (κ2) is 10.0. The Morgan fingerprint density at radius 2 is 1.95 bits per heavy atom. The van der Waals surface area contributed by atoms with Crippen molar-refractivity contribution in [2.75, 3.05) is 33.9 Å². The lowest BCUT2D eigenvalue weighted by Gasteiger charge is -2.16. The van der Waals surface area contributed by atoms with Gasteiger partial charge in [0.2, 0.25) is 0 Å². The first-order chi connectivity index (χ1) is 10.2. The molecule has 0 aliphatic heterocycles. The molecule has 0 aliphatic rings. The molecule has 5 nitrogen and oxygen atoms in total. The van der Waals surface area contributed by atoms with Gasteiger partial charge in [-0.3, -0.25) is 4.99 Å². The third-order valence-corrected chi connectivity index (χ3v) is 2.97. The minimum absolute atomic E-state index is 0.230. The van der Waals surface area contributed by atoms with Gasteiger partial charge in [-0.25, -0.2) is 0 Å². The van der Waals surface area contributed by atoms with E-state index in [0.717, 1.165) is 31.2 Å². The van der Waals surface area contributed by atoms with Crippen LogP contribution in [0.15, 0.2) is 29.3 Å². The van der Waals surface area contributed by atoms with Crippen LogP contribution >= 0.6 is 0 Å². The van der Waals surface area contributed by atoms with Crippen molar-refractivity contribution in [1.29, 1.82) is 0 Å². The fourth-order valence-electron chi connectivity index (χ4n) is 1.93. The van der Waals surface area contributed by atoms with Gasteiger partial charge in [0.05, 0.1) is 13.7 Å². The maximum absolute atomic E-state index is 5.15. The summed E-state index contributed by atoms with van der Waals surface area (Å²) in [5.74, 6) is 1.71. The highest BCUT2D eigenvalue weighted by atomic mass is 16.5. The molecule has 0 saturated heterocycles. The monoisotopic (exact) mass is 293 g/mol. The van der Waals surface area contributed by atoms with Crippen LogP contribution in [0.3, 0.4) is 0 Å². The Kier molecular flexibility index (Phi) is 8.28. The molecular formula is C16H27N3O2. The number of nitrogens with one attached hydrogen (secondary N) is 2. The lowest BCUT2D eigenvalue weighted by Crippen LogP contribution is -2.44. The molecule has 0 amide bonds. The summed E-state index contributed by atoms with van der Waals surface area (Å²) in [6.45, 7) is 6.36. The van der Waals surface area contributed by atoms with E-state index in [4.69, 9.17) is 9.47 Å². The van der Waals surface area contributed by atoms with Crippen LogP contribution in [0.1, 0.15) is 19.4 Å². The minimum atomic E-state index is 0.230. The van der Waals surface area contributed by atoms with Crippen LogP contribution in [0.25, 0.3) is 0 Å². The molecule has 0 aromatic heterocycles. The van der Waals surface area contributed by atoms with Crippen LogP contribution in [0.2, 0.25) is 0 Å². The minimum Gasteiger partial charge on any atom is -0.497 e. The zero-order valence-electron chi connectivity index (χ0n) is 13.5. The molecule has 1 aromatic rings. The second-order valence-electron chi connectivity index (χ2n) is 4.86. The summed E-state index contributed by atoms with van der Waals surface area (Å²) in [4.78, 5) is 4.58. The van der Waals surface area contributed by atoms with Crippen molar-refractivity contribution in [3.63, 3.8) is 0 Å². The first-order valence-corrected chi connectivity index (χ1v) is 7.36. The number of ether oxygens (including phenoxy) is 2. The van der Waals surface area contributed by atoms with Crippen molar-refractivity contribution in [3.05, 3.63) is 29.8 Å². The van der Waals surface area contributed by atoms with Crippen LogP contribution < -0.4 is 15.4 Å². The van der Waals surface area contributed by atoms with E-state index >= 15 is 0 Å². The van der Waals surface area contributed by atoms with Gasteiger partial charge in [-0.15, -0.1) is 0 Å². The summed E-state index contributed by atoms with van der Waals surface area (Å²) in [5, 5.41) is 6.56. The average Bonchev–Trinajstić information content (AvgIpc) is 2.48. The van der Waals surface area contributed by atoms with Gasteiger partial charge in [0.15, 0.2) is 5.96 Å². The van der Waals surface area contributed by atoms with Gasteiger partial charge >= 0.3 is 0 Å². The molecule has 0 saturated carbocycles. The normalized spacial score (nSPS) is 12.9. The van der Waals surface area contributed by atoms with Crippen LogP contribution in [0, 0.1) is 0 Å². The smallest absolute Gasteiger partial charge is 0.191 e. The van der Waals surface area contributed by atoms with Gasteiger partial charge < -0.3 is 20.1 Å². The van der Waals surface area contributed by atoms with Gasteiger partial charge in [-0.1, -0.05) is 12.1 Å². The summed E-state index contributed by atoms with van der Waals surface area (Å²) in [6.07, 6.45) is 0.902. The molecule has 0 fully saturated rings. The Bertz CT molecular complexity index is 418. The van der Waals surface area contributed by atoms with E-state index in [0.29, 0.717) is 6.61 Å². The van der Waals surface area contributed by atoms with Gasteiger partial charge in [-0.05, 0) is 38.0 Å². The van der Waals surface area contributed by atoms with Crippen LogP contribution in [0.4, 0.5) is 0 Å². The van der Waals surface area contributed by atoms with Crippen LogP contribution in [-0.4, -0.2) is 45.9 Å². The van der Waals surface area contributed by atoms with Crippen molar-refractivity contribution in [3.8, 4) is 5.75 Å². The molecule has 0 radical (unpaired) electrons. The Balaban J connectivity index is 2.48. The summed E-state index contributed by atoms with van der Waals surface area (Å²) in [6, 6.07) is 8.32. The number of rotatable bonds is 8. The molecule has 0 aliphatic carbocycles. The highest BCUT2D eigenvalue weighted by Crippen LogP contribution is 2.11. The highest BCUT2D eigenvalue weighted by molar-refractivity contribution is 5.80. The van der Waals surface area contributed by atoms with E-state index in [9.17, 15) is 0 Å². The Hall–Kier alpha value is -1.75.